The van der Waals surface area contributed by atoms with Gasteiger partial charge in [-0.05, 0) is 42.6 Å². The quantitative estimate of drug-likeness (QED) is 0.537. The molecule has 0 aliphatic heterocycles. The van der Waals surface area contributed by atoms with Crippen LogP contribution in [0.2, 0.25) is 4.34 Å². The minimum Gasteiger partial charge on any atom is -0.334 e. The van der Waals surface area contributed by atoms with E-state index in [1.807, 2.05) is 42.6 Å². The van der Waals surface area contributed by atoms with E-state index in [1.54, 1.807) is 30.1 Å². The zero-order valence-corrected chi connectivity index (χ0v) is 17.4. The zero-order valence-electron chi connectivity index (χ0n) is 15.0. The molecule has 0 fully saturated rings. The Morgan fingerprint density at radius 1 is 1.04 bits per heavy atom. The van der Waals surface area contributed by atoms with Gasteiger partial charge in [-0.2, -0.15) is 0 Å². The summed E-state index contributed by atoms with van der Waals surface area (Å²) in [7, 11) is 1.70. The molecule has 27 heavy (non-hydrogen) atoms. The minimum absolute atomic E-state index is 0.108. The van der Waals surface area contributed by atoms with E-state index in [4.69, 9.17) is 11.6 Å². The highest BCUT2D eigenvalue weighted by Gasteiger charge is 2.23. The van der Waals surface area contributed by atoms with Crippen molar-refractivity contribution in [3.8, 4) is 0 Å². The monoisotopic (exact) mass is 418 g/mol. The van der Waals surface area contributed by atoms with Gasteiger partial charge in [-0.15, -0.1) is 22.7 Å². The van der Waals surface area contributed by atoms with Gasteiger partial charge in [0.25, 0.3) is 11.8 Å². The summed E-state index contributed by atoms with van der Waals surface area (Å²) >= 11 is 8.86. The number of amides is 2. The van der Waals surface area contributed by atoms with E-state index in [9.17, 15) is 9.59 Å². The van der Waals surface area contributed by atoms with E-state index in [0.717, 1.165) is 4.88 Å². The van der Waals surface area contributed by atoms with Crippen LogP contribution in [0, 0.1) is 0 Å². The van der Waals surface area contributed by atoms with Crippen LogP contribution in [0.15, 0.2) is 53.9 Å². The number of anilines is 1. The van der Waals surface area contributed by atoms with Crippen LogP contribution in [0.3, 0.4) is 0 Å². The maximum Gasteiger partial charge on any atom is 0.268 e. The molecule has 0 spiro atoms. The van der Waals surface area contributed by atoms with Crippen molar-refractivity contribution in [3.05, 3.63) is 73.6 Å². The molecule has 0 aliphatic carbocycles. The summed E-state index contributed by atoms with van der Waals surface area (Å²) in [4.78, 5) is 30.9. The van der Waals surface area contributed by atoms with Gasteiger partial charge in [0.2, 0.25) is 0 Å². The fourth-order valence-electron chi connectivity index (χ4n) is 2.74. The smallest absolute Gasteiger partial charge is 0.268 e. The first-order chi connectivity index (χ1) is 13.0. The number of benzene rings is 1. The Hall–Kier alpha value is -2.15. The molecule has 0 atom stereocenters. The van der Waals surface area contributed by atoms with Crippen molar-refractivity contribution < 1.29 is 9.59 Å². The molecule has 4 nitrogen and oxygen atoms in total. The van der Waals surface area contributed by atoms with E-state index in [0.29, 0.717) is 33.6 Å². The number of carbonyl (C=O) groups excluding carboxylic acids is 2. The van der Waals surface area contributed by atoms with Crippen LogP contribution in [0.4, 0.5) is 5.69 Å². The van der Waals surface area contributed by atoms with E-state index in [2.05, 4.69) is 0 Å². The number of hydrogen-bond donors (Lipinski definition) is 0. The van der Waals surface area contributed by atoms with Gasteiger partial charge >= 0.3 is 0 Å². The van der Waals surface area contributed by atoms with Gasteiger partial charge in [-0.1, -0.05) is 29.8 Å². The topological polar surface area (TPSA) is 40.6 Å². The molecular weight excluding hydrogens is 400 g/mol. The number of nitrogens with zero attached hydrogens (tertiary/aromatic N) is 2. The second-order valence-electron chi connectivity index (χ2n) is 5.88. The predicted octanol–water partition coefficient (Wildman–Crippen LogP) is 5.40. The number of carbonyl (C=O) groups is 2. The number of para-hydroxylation sites is 1. The Labute approximate surface area is 171 Å². The number of hydrogen-bond acceptors (Lipinski definition) is 4. The maximum atomic E-state index is 13.2. The molecule has 0 bridgehead atoms. The molecule has 0 saturated carbocycles. The molecule has 7 heteroatoms. The first-order valence-electron chi connectivity index (χ1n) is 8.45. The Bertz CT molecular complexity index is 937. The lowest BCUT2D eigenvalue weighted by molar-refractivity contribution is 0.0755. The SMILES string of the molecule is CCN(Cc1ccc(Cl)s1)C(=O)c1ccccc1N(C)C(=O)c1cccs1. The lowest BCUT2D eigenvalue weighted by Crippen LogP contribution is -2.33. The van der Waals surface area contributed by atoms with Gasteiger partial charge in [0.05, 0.1) is 27.0 Å². The van der Waals surface area contributed by atoms with Crippen molar-refractivity contribution >= 4 is 51.8 Å². The highest BCUT2D eigenvalue weighted by molar-refractivity contribution is 7.16. The third-order valence-corrected chi connectivity index (χ3v) is 6.25. The highest BCUT2D eigenvalue weighted by atomic mass is 35.5. The Morgan fingerprint density at radius 2 is 1.81 bits per heavy atom. The van der Waals surface area contributed by atoms with Crippen LogP contribution in [-0.4, -0.2) is 30.3 Å². The fourth-order valence-corrected chi connectivity index (χ4v) is 4.55. The molecule has 140 valence electrons. The molecule has 3 rings (SSSR count). The van der Waals surface area contributed by atoms with Crippen molar-refractivity contribution in [2.24, 2.45) is 0 Å². The number of halogens is 1. The molecule has 3 aromatic rings. The van der Waals surface area contributed by atoms with Crippen molar-refractivity contribution in [1.82, 2.24) is 4.90 Å². The standard InChI is InChI=1S/C20H19ClN2O2S2/c1-3-23(13-14-10-11-18(21)27-14)19(24)15-7-4-5-8-16(15)22(2)20(25)17-9-6-12-26-17/h4-12H,3,13H2,1-2H3. The third-order valence-electron chi connectivity index (χ3n) is 4.18. The lowest BCUT2D eigenvalue weighted by Gasteiger charge is -2.24. The fraction of sp³-hybridized carbons (Fsp3) is 0.200. The summed E-state index contributed by atoms with van der Waals surface area (Å²) in [6.07, 6.45) is 0. The third kappa shape index (κ3) is 4.40. The average molecular weight is 419 g/mol. The van der Waals surface area contributed by atoms with Crippen LogP contribution >= 0.6 is 34.3 Å². The molecule has 2 amide bonds. The summed E-state index contributed by atoms with van der Waals surface area (Å²) in [5.41, 5.74) is 1.11. The lowest BCUT2D eigenvalue weighted by atomic mass is 10.1. The average Bonchev–Trinajstić information content (AvgIpc) is 3.36. The van der Waals surface area contributed by atoms with Crippen LogP contribution in [0.1, 0.15) is 31.8 Å². The van der Waals surface area contributed by atoms with Crippen LogP contribution < -0.4 is 4.90 Å². The van der Waals surface area contributed by atoms with Crippen molar-refractivity contribution in [2.45, 2.75) is 13.5 Å². The Balaban J connectivity index is 1.87. The van der Waals surface area contributed by atoms with E-state index >= 15 is 0 Å². The first-order valence-corrected chi connectivity index (χ1v) is 10.5. The van der Waals surface area contributed by atoms with Crippen LogP contribution in [0.25, 0.3) is 0 Å². The molecule has 0 radical (unpaired) electrons. The van der Waals surface area contributed by atoms with E-state index in [1.165, 1.54) is 27.6 Å². The molecule has 0 saturated heterocycles. The normalized spacial score (nSPS) is 10.6. The minimum atomic E-state index is -0.127. The molecule has 2 aromatic heterocycles. The molecule has 0 N–H and O–H groups in total. The van der Waals surface area contributed by atoms with Crippen molar-refractivity contribution in [3.63, 3.8) is 0 Å². The predicted molar refractivity (Wildman–Crippen MR) is 113 cm³/mol. The van der Waals surface area contributed by atoms with Crippen molar-refractivity contribution in [2.75, 3.05) is 18.5 Å². The summed E-state index contributed by atoms with van der Waals surface area (Å²) in [6, 6.07) is 14.6. The molecule has 2 heterocycles. The van der Waals surface area contributed by atoms with E-state index < -0.39 is 0 Å². The van der Waals surface area contributed by atoms with Crippen LogP contribution in [0.5, 0.6) is 0 Å². The van der Waals surface area contributed by atoms with Gasteiger partial charge in [-0.3, -0.25) is 9.59 Å². The van der Waals surface area contributed by atoms with E-state index in [-0.39, 0.29) is 11.8 Å². The van der Waals surface area contributed by atoms with Gasteiger partial charge in [0.15, 0.2) is 0 Å². The van der Waals surface area contributed by atoms with Gasteiger partial charge < -0.3 is 9.80 Å². The second-order valence-corrected chi connectivity index (χ2v) is 8.63. The van der Waals surface area contributed by atoms with Crippen molar-refractivity contribution in [1.29, 1.82) is 0 Å². The highest BCUT2D eigenvalue weighted by Crippen LogP contribution is 2.26. The van der Waals surface area contributed by atoms with Gasteiger partial charge in [0.1, 0.15) is 0 Å². The van der Waals surface area contributed by atoms with Gasteiger partial charge in [0, 0.05) is 18.5 Å². The second kappa shape index (κ2) is 8.69. The molecule has 1 aromatic carbocycles. The number of rotatable bonds is 6. The Morgan fingerprint density at radius 3 is 2.44 bits per heavy atom. The summed E-state index contributed by atoms with van der Waals surface area (Å²) in [5, 5.41) is 1.86. The Kier molecular flexibility index (Phi) is 6.31. The van der Waals surface area contributed by atoms with Gasteiger partial charge in [-0.25, -0.2) is 0 Å². The molecule has 0 unspecified atom stereocenters. The molecule has 0 aliphatic rings. The molecular formula is C20H19ClN2O2S2. The zero-order chi connectivity index (χ0) is 19.4. The maximum absolute atomic E-state index is 13.2. The number of thiophene rings is 2. The largest absolute Gasteiger partial charge is 0.334 e. The summed E-state index contributed by atoms with van der Waals surface area (Å²) in [5.74, 6) is -0.234. The van der Waals surface area contributed by atoms with Crippen LogP contribution in [-0.2, 0) is 6.54 Å². The summed E-state index contributed by atoms with van der Waals surface area (Å²) in [6.45, 7) is 2.99. The summed E-state index contributed by atoms with van der Waals surface area (Å²) < 4.78 is 0.704. The first kappa shape index (κ1) is 19.6.